The van der Waals surface area contributed by atoms with Crippen molar-refractivity contribution in [1.82, 2.24) is 4.31 Å². The first kappa shape index (κ1) is 15.8. The van der Waals surface area contributed by atoms with Gasteiger partial charge in [0.05, 0.1) is 0 Å². The Balaban J connectivity index is 2.96. The van der Waals surface area contributed by atoms with Crippen LogP contribution in [0.15, 0.2) is 35.7 Å². The minimum absolute atomic E-state index is 0.173. The van der Waals surface area contributed by atoms with Crippen molar-refractivity contribution in [3.05, 3.63) is 42.2 Å². The molecule has 0 atom stereocenters. The molecule has 0 fully saturated rings. The van der Waals surface area contributed by atoms with E-state index >= 15 is 0 Å². The maximum absolute atomic E-state index is 13.8. The Morgan fingerprint density at radius 2 is 2.16 bits per heavy atom. The van der Waals surface area contributed by atoms with Crippen LogP contribution < -0.4 is 5.73 Å². The van der Waals surface area contributed by atoms with Gasteiger partial charge in [-0.1, -0.05) is 12.1 Å². The van der Waals surface area contributed by atoms with Crippen LogP contribution in [0.25, 0.3) is 0 Å². The van der Waals surface area contributed by atoms with Gasteiger partial charge in [-0.2, -0.15) is 0 Å². The van der Waals surface area contributed by atoms with Gasteiger partial charge in [-0.25, -0.2) is 17.1 Å². The summed E-state index contributed by atoms with van der Waals surface area (Å²) in [6.07, 6.45) is 3.09. The van der Waals surface area contributed by atoms with Gasteiger partial charge in [0.25, 0.3) is 0 Å². The average Bonchev–Trinajstić information content (AvgIpc) is 2.38. The minimum atomic E-state index is -3.79. The fourth-order valence-corrected chi connectivity index (χ4v) is 2.88. The normalized spacial score (nSPS) is 11.8. The van der Waals surface area contributed by atoms with Crippen LogP contribution in [0.4, 0.5) is 4.39 Å². The highest BCUT2D eigenvalue weighted by molar-refractivity contribution is 7.89. The molecule has 0 saturated heterocycles. The van der Waals surface area contributed by atoms with Gasteiger partial charge >= 0.3 is 0 Å². The second-order valence-corrected chi connectivity index (χ2v) is 6.24. The Morgan fingerprint density at radius 1 is 1.47 bits per heavy atom. The lowest BCUT2D eigenvalue weighted by Crippen LogP contribution is -2.28. The quantitative estimate of drug-likeness (QED) is 0.615. The van der Waals surface area contributed by atoms with Crippen molar-refractivity contribution < 1.29 is 12.8 Å². The molecule has 6 heteroatoms. The predicted molar refractivity (Wildman–Crippen MR) is 73.5 cm³/mol. The van der Waals surface area contributed by atoms with E-state index in [4.69, 9.17) is 5.73 Å². The lowest BCUT2D eigenvalue weighted by Gasteiger charge is -2.17. The number of rotatable bonds is 7. The molecule has 0 spiro atoms. The fraction of sp³-hybridized carbons (Fsp3) is 0.385. The van der Waals surface area contributed by atoms with Crippen LogP contribution in [-0.4, -0.2) is 26.3 Å². The van der Waals surface area contributed by atoms with Crippen molar-refractivity contribution in [2.75, 3.05) is 13.6 Å². The third-order valence-electron chi connectivity index (χ3n) is 2.80. The minimum Gasteiger partial charge on any atom is -0.326 e. The molecular formula is C13H19FN2O2S. The van der Waals surface area contributed by atoms with Crippen LogP contribution in [0.1, 0.15) is 18.4 Å². The van der Waals surface area contributed by atoms with E-state index < -0.39 is 15.8 Å². The molecule has 0 aromatic heterocycles. The maximum atomic E-state index is 13.8. The number of nitrogens with two attached hydrogens (primary N) is 1. The van der Waals surface area contributed by atoms with E-state index in [1.807, 2.05) is 0 Å². The predicted octanol–water partition coefficient (Wildman–Crippen LogP) is 1.87. The summed E-state index contributed by atoms with van der Waals surface area (Å²) >= 11 is 0. The van der Waals surface area contributed by atoms with E-state index in [9.17, 15) is 12.8 Å². The largest absolute Gasteiger partial charge is 0.326 e. The molecule has 0 saturated carbocycles. The molecule has 1 aromatic carbocycles. The third kappa shape index (κ3) is 3.86. The summed E-state index contributed by atoms with van der Waals surface area (Å²) < 4.78 is 39.3. The molecule has 0 radical (unpaired) electrons. The monoisotopic (exact) mass is 286 g/mol. The zero-order valence-electron chi connectivity index (χ0n) is 11.0. The number of hydrogen-bond acceptors (Lipinski definition) is 3. The molecule has 0 heterocycles. The summed E-state index contributed by atoms with van der Waals surface area (Å²) in [5, 5.41) is 0. The molecule has 4 nitrogen and oxygen atoms in total. The van der Waals surface area contributed by atoms with Crippen molar-refractivity contribution in [3.63, 3.8) is 0 Å². The average molecular weight is 286 g/mol. The molecule has 0 aliphatic carbocycles. The van der Waals surface area contributed by atoms with Crippen LogP contribution in [0.5, 0.6) is 0 Å². The van der Waals surface area contributed by atoms with Gasteiger partial charge in [-0.15, -0.1) is 6.58 Å². The number of unbranched alkanes of at least 4 members (excludes halogenated alkanes) is 1. The molecule has 19 heavy (non-hydrogen) atoms. The molecule has 0 aliphatic rings. The molecule has 0 unspecified atom stereocenters. The zero-order valence-corrected chi connectivity index (χ0v) is 11.8. The smallest absolute Gasteiger partial charge is 0.245 e. The standard InChI is InChI=1S/C13H19FN2O2S/c1-3-4-5-8-16(2)19(17,18)13-7-6-11(10-15)9-12(13)14/h3,6-7,9H,1,4-5,8,10,15H2,2H3. The number of halogens is 1. The number of hydrogen-bond donors (Lipinski definition) is 1. The van der Waals surface area contributed by atoms with E-state index in [1.165, 1.54) is 19.2 Å². The molecule has 0 amide bonds. The molecule has 1 aromatic rings. The summed E-state index contributed by atoms with van der Waals surface area (Å²) in [7, 11) is -2.35. The second kappa shape index (κ2) is 6.79. The Morgan fingerprint density at radius 3 is 2.68 bits per heavy atom. The fourth-order valence-electron chi connectivity index (χ4n) is 1.63. The Kier molecular flexibility index (Phi) is 5.65. The van der Waals surface area contributed by atoms with E-state index in [0.29, 0.717) is 24.9 Å². The summed E-state index contributed by atoms with van der Waals surface area (Å²) in [6.45, 7) is 4.07. The van der Waals surface area contributed by atoms with Gasteiger partial charge in [0.1, 0.15) is 10.7 Å². The maximum Gasteiger partial charge on any atom is 0.245 e. The van der Waals surface area contributed by atoms with Crippen LogP contribution in [0.3, 0.4) is 0 Å². The topological polar surface area (TPSA) is 63.4 Å². The number of sulfonamides is 1. The van der Waals surface area contributed by atoms with Gasteiger partial charge in [-0.3, -0.25) is 0 Å². The molecule has 2 N–H and O–H groups in total. The lowest BCUT2D eigenvalue weighted by molar-refractivity contribution is 0.456. The van der Waals surface area contributed by atoms with Crippen LogP contribution in [0, 0.1) is 5.82 Å². The summed E-state index contributed by atoms with van der Waals surface area (Å²) in [5.41, 5.74) is 5.94. The zero-order chi connectivity index (χ0) is 14.5. The van der Waals surface area contributed by atoms with Gasteiger partial charge in [0, 0.05) is 20.1 Å². The molecular weight excluding hydrogens is 267 g/mol. The first-order valence-electron chi connectivity index (χ1n) is 5.99. The first-order chi connectivity index (χ1) is 8.93. The highest BCUT2D eigenvalue weighted by atomic mass is 32.2. The van der Waals surface area contributed by atoms with Crippen molar-refractivity contribution >= 4 is 10.0 Å². The Hall–Kier alpha value is -1.24. The van der Waals surface area contributed by atoms with Gasteiger partial charge < -0.3 is 5.73 Å². The third-order valence-corrected chi connectivity index (χ3v) is 4.69. The molecule has 0 aliphatic heterocycles. The molecule has 1 rings (SSSR count). The van der Waals surface area contributed by atoms with Crippen molar-refractivity contribution in [2.45, 2.75) is 24.3 Å². The van der Waals surface area contributed by atoms with E-state index in [2.05, 4.69) is 6.58 Å². The van der Waals surface area contributed by atoms with E-state index in [1.54, 1.807) is 6.08 Å². The van der Waals surface area contributed by atoms with Crippen molar-refractivity contribution in [2.24, 2.45) is 5.73 Å². The number of nitrogens with zero attached hydrogens (tertiary/aromatic N) is 1. The van der Waals surface area contributed by atoms with Crippen LogP contribution in [-0.2, 0) is 16.6 Å². The highest BCUT2D eigenvalue weighted by Gasteiger charge is 2.23. The number of benzene rings is 1. The summed E-state index contributed by atoms with van der Waals surface area (Å²) in [5.74, 6) is -0.765. The second-order valence-electron chi connectivity index (χ2n) is 4.23. The summed E-state index contributed by atoms with van der Waals surface area (Å²) in [4.78, 5) is -0.314. The van der Waals surface area contributed by atoms with Crippen molar-refractivity contribution in [3.8, 4) is 0 Å². The molecule has 0 bridgehead atoms. The van der Waals surface area contributed by atoms with E-state index in [0.717, 1.165) is 10.4 Å². The highest BCUT2D eigenvalue weighted by Crippen LogP contribution is 2.19. The Bertz CT molecular complexity index is 544. The summed E-state index contributed by atoms with van der Waals surface area (Å²) in [6, 6.07) is 3.94. The first-order valence-corrected chi connectivity index (χ1v) is 7.43. The Labute approximate surface area is 113 Å². The van der Waals surface area contributed by atoms with Crippen LogP contribution >= 0.6 is 0 Å². The van der Waals surface area contributed by atoms with Gasteiger partial charge in [-0.05, 0) is 30.5 Å². The van der Waals surface area contributed by atoms with Crippen LogP contribution in [0.2, 0.25) is 0 Å². The number of allylic oxidation sites excluding steroid dienone is 1. The molecule has 106 valence electrons. The van der Waals surface area contributed by atoms with E-state index in [-0.39, 0.29) is 11.4 Å². The van der Waals surface area contributed by atoms with Gasteiger partial charge in [0.2, 0.25) is 10.0 Å². The van der Waals surface area contributed by atoms with Crippen molar-refractivity contribution in [1.29, 1.82) is 0 Å². The van der Waals surface area contributed by atoms with Gasteiger partial charge in [0.15, 0.2) is 0 Å². The SMILES string of the molecule is C=CCCCN(C)S(=O)(=O)c1ccc(CN)cc1F. The lowest BCUT2D eigenvalue weighted by atomic mass is 10.2.